The molecule has 1 atom stereocenters. The second-order valence-electron chi connectivity index (χ2n) is 7.37. The molecule has 1 aliphatic rings. The van der Waals surface area contributed by atoms with Gasteiger partial charge < -0.3 is 9.30 Å². The molecule has 7 heteroatoms. The average Bonchev–Trinajstić information content (AvgIpc) is 3.29. The topological polar surface area (TPSA) is 81.5 Å². The summed E-state index contributed by atoms with van der Waals surface area (Å²) < 4.78 is 8.08. The predicted molar refractivity (Wildman–Crippen MR) is 97.6 cm³/mol. The number of hydrogen-bond acceptors (Lipinski definition) is 5. The van der Waals surface area contributed by atoms with E-state index in [0.29, 0.717) is 11.7 Å². The van der Waals surface area contributed by atoms with Crippen LogP contribution in [0.2, 0.25) is 0 Å². The van der Waals surface area contributed by atoms with E-state index < -0.39 is 0 Å². The minimum Gasteiger partial charge on any atom is -0.376 e. The molecule has 4 heterocycles. The van der Waals surface area contributed by atoms with Crippen LogP contribution < -0.4 is 0 Å². The van der Waals surface area contributed by atoms with E-state index in [4.69, 9.17) is 4.74 Å². The Balaban J connectivity index is 1.43. The van der Waals surface area contributed by atoms with Crippen molar-refractivity contribution in [3.63, 3.8) is 0 Å². The summed E-state index contributed by atoms with van der Waals surface area (Å²) in [7, 11) is 0. The van der Waals surface area contributed by atoms with Gasteiger partial charge in [-0.05, 0) is 38.8 Å². The van der Waals surface area contributed by atoms with Gasteiger partial charge in [0.1, 0.15) is 11.6 Å². The van der Waals surface area contributed by atoms with Gasteiger partial charge in [0.15, 0.2) is 5.82 Å². The Morgan fingerprint density at radius 1 is 1.35 bits per heavy atom. The van der Waals surface area contributed by atoms with Crippen LogP contribution in [0.25, 0.3) is 11.4 Å². The van der Waals surface area contributed by atoms with Crippen LogP contribution in [0.3, 0.4) is 0 Å². The molecule has 1 fully saturated rings. The number of H-pyrrole nitrogens is 1. The highest BCUT2D eigenvalue weighted by Gasteiger charge is 2.31. The zero-order valence-corrected chi connectivity index (χ0v) is 15.2. The molecular weight excluding hydrogens is 328 g/mol. The zero-order valence-electron chi connectivity index (χ0n) is 15.2. The van der Waals surface area contributed by atoms with Gasteiger partial charge in [0.2, 0.25) is 0 Å². The number of hydrogen-bond donors (Lipinski definition) is 1. The highest BCUT2D eigenvalue weighted by molar-refractivity contribution is 5.52. The van der Waals surface area contributed by atoms with Crippen molar-refractivity contribution in [3.8, 4) is 11.4 Å². The van der Waals surface area contributed by atoms with Crippen molar-refractivity contribution < 1.29 is 4.74 Å². The van der Waals surface area contributed by atoms with E-state index in [2.05, 4.69) is 49.8 Å². The third kappa shape index (κ3) is 3.67. The van der Waals surface area contributed by atoms with Crippen molar-refractivity contribution in [3.05, 3.63) is 48.6 Å². The van der Waals surface area contributed by atoms with Gasteiger partial charge in [-0.3, -0.25) is 10.1 Å². The van der Waals surface area contributed by atoms with Gasteiger partial charge in [0.05, 0.1) is 5.60 Å². The quantitative estimate of drug-likeness (QED) is 0.763. The summed E-state index contributed by atoms with van der Waals surface area (Å²) in [4.78, 5) is 13.3. The van der Waals surface area contributed by atoms with E-state index in [0.717, 1.165) is 49.6 Å². The van der Waals surface area contributed by atoms with Gasteiger partial charge in [-0.15, -0.1) is 0 Å². The molecule has 1 aliphatic heterocycles. The number of imidazole rings is 1. The Kier molecular flexibility index (Phi) is 4.55. The summed E-state index contributed by atoms with van der Waals surface area (Å²) >= 11 is 0. The summed E-state index contributed by atoms with van der Waals surface area (Å²) in [6.07, 6.45) is 10.3. The Hall–Kier alpha value is -2.54. The maximum absolute atomic E-state index is 5.84. The zero-order chi connectivity index (χ0) is 18.0. The first-order valence-corrected chi connectivity index (χ1v) is 9.07. The SMILES string of the molecule is CC1(C)C[C@H](c2nccn2CCc2nc(-c3cccnc3)n[nH]2)CCO1. The maximum atomic E-state index is 5.84. The molecule has 4 rings (SSSR count). The molecule has 0 saturated carbocycles. The summed E-state index contributed by atoms with van der Waals surface area (Å²) in [5.74, 6) is 3.14. The largest absolute Gasteiger partial charge is 0.376 e. The smallest absolute Gasteiger partial charge is 0.182 e. The first-order valence-electron chi connectivity index (χ1n) is 9.07. The van der Waals surface area contributed by atoms with E-state index in [1.807, 2.05) is 18.3 Å². The van der Waals surface area contributed by atoms with Crippen molar-refractivity contribution in [2.75, 3.05) is 6.61 Å². The molecule has 1 saturated heterocycles. The van der Waals surface area contributed by atoms with Gasteiger partial charge >= 0.3 is 0 Å². The van der Waals surface area contributed by atoms with Crippen LogP contribution in [-0.4, -0.2) is 41.9 Å². The molecule has 3 aromatic heterocycles. The summed E-state index contributed by atoms with van der Waals surface area (Å²) in [5.41, 5.74) is 0.839. The molecule has 136 valence electrons. The van der Waals surface area contributed by atoms with Crippen LogP contribution in [0.1, 0.15) is 44.3 Å². The number of aromatic amines is 1. The van der Waals surface area contributed by atoms with Gasteiger partial charge in [0, 0.05) is 55.8 Å². The minimum atomic E-state index is -0.0801. The fraction of sp³-hybridized carbons (Fsp3) is 0.474. The Bertz CT molecular complexity index is 854. The number of pyridine rings is 1. The third-order valence-electron chi connectivity index (χ3n) is 4.85. The number of aryl methyl sites for hydroxylation is 2. The maximum Gasteiger partial charge on any atom is 0.182 e. The van der Waals surface area contributed by atoms with Crippen molar-refractivity contribution in [1.29, 1.82) is 0 Å². The fourth-order valence-electron chi connectivity index (χ4n) is 3.58. The van der Waals surface area contributed by atoms with Crippen molar-refractivity contribution in [2.24, 2.45) is 0 Å². The summed E-state index contributed by atoms with van der Waals surface area (Å²) in [5, 5.41) is 7.34. The Morgan fingerprint density at radius 3 is 3.08 bits per heavy atom. The van der Waals surface area contributed by atoms with Crippen molar-refractivity contribution >= 4 is 0 Å². The Morgan fingerprint density at radius 2 is 2.27 bits per heavy atom. The van der Waals surface area contributed by atoms with Crippen molar-refractivity contribution in [1.82, 2.24) is 29.7 Å². The molecule has 0 unspecified atom stereocenters. The average molecular weight is 352 g/mol. The molecule has 0 bridgehead atoms. The van der Waals surface area contributed by atoms with Gasteiger partial charge in [-0.1, -0.05) is 0 Å². The lowest BCUT2D eigenvalue weighted by Crippen LogP contribution is -2.34. The standard InChI is InChI=1S/C19H24N6O/c1-19(2)12-14(6-11-26-19)18-21-8-10-25(18)9-5-16-22-17(24-23-16)15-4-3-7-20-13-15/h3-4,7-8,10,13-14H,5-6,9,11-12H2,1-2H3,(H,22,23,24)/t14-/m1/s1. The number of nitrogens with zero attached hydrogens (tertiary/aromatic N) is 5. The molecular formula is C19H24N6O. The highest BCUT2D eigenvalue weighted by Crippen LogP contribution is 2.34. The molecule has 0 amide bonds. The number of ether oxygens (including phenoxy) is 1. The Labute approximate surface area is 152 Å². The van der Waals surface area contributed by atoms with Crippen LogP contribution in [0.4, 0.5) is 0 Å². The van der Waals surface area contributed by atoms with E-state index in [-0.39, 0.29) is 5.60 Å². The monoisotopic (exact) mass is 352 g/mol. The first-order chi connectivity index (χ1) is 12.6. The molecule has 0 radical (unpaired) electrons. The van der Waals surface area contributed by atoms with Crippen LogP contribution in [0.5, 0.6) is 0 Å². The lowest BCUT2D eigenvalue weighted by molar-refractivity contribution is -0.0606. The van der Waals surface area contributed by atoms with Gasteiger partial charge in [0.25, 0.3) is 0 Å². The number of rotatable bonds is 5. The number of nitrogens with one attached hydrogen (secondary N) is 1. The molecule has 1 N–H and O–H groups in total. The van der Waals surface area contributed by atoms with Crippen LogP contribution in [-0.2, 0) is 17.7 Å². The van der Waals surface area contributed by atoms with E-state index in [1.54, 1.807) is 12.4 Å². The minimum absolute atomic E-state index is 0.0801. The lowest BCUT2D eigenvalue weighted by atomic mass is 9.88. The molecule has 0 spiro atoms. The van der Waals surface area contributed by atoms with Crippen LogP contribution in [0, 0.1) is 0 Å². The normalized spacial score (nSPS) is 19.5. The molecule has 3 aromatic rings. The lowest BCUT2D eigenvalue weighted by Gasteiger charge is -2.35. The number of aromatic nitrogens is 6. The first kappa shape index (κ1) is 16.9. The van der Waals surface area contributed by atoms with Crippen LogP contribution in [0.15, 0.2) is 36.9 Å². The fourth-order valence-corrected chi connectivity index (χ4v) is 3.58. The molecule has 26 heavy (non-hydrogen) atoms. The van der Waals surface area contributed by atoms with E-state index in [9.17, 15) is 0 Å². The third-order valence-corrected chi connectivity index (χ3v) is 4.85. The molecule has 7 nitrogen and oxygen atoms in total. The van der Waals surface area contributed by atoms with Gasteiger partial charge in [-0.25, -0.2) is 9.97 Å². The predicted octanol–water partition coefficient (Wildman–Crippen LogP) is 2.98. The van der Waals surface area contributed by atoms with Gasteiger partial charge in [-0.2, -0.15) is 5.10 Å². The second-order valence-corrected chi connectivity index (χ2v) is 7.37. The van der Waals surface area contributed by atoms with E-state index in [1.165, 1.54) is 0 Å². The summed E-state index contributed by atoms with van der Waals surface area (Å²) in [6, 6.07) is 3.85. The summed E-state index contributed by atoms with van der Waals surface area (Å²) in [6.45, 7) is 5.93. The molecule has 0 aliphatic carbocycles. The van der Waals surface area contributed by atoms with Crippen molar-refractivity contribution in [2.45, 2.75) is 51.2 Å². The van der Waals surface area contributed by atoms with Crippen LogP contribution >= 0.6 is 0 Å². The second kappa shape index (κ2) is 6.99. The van der Waals surface area contributed by atoms with E-state index >= 15 is 0 Å². The molecule has 0 aromatic carbocycles. The highest BCUT2D eigenvalue weighted by atomic mass is 16.5.